The van der Waals surface area contributed by atoms with Crippen LogP contribution in [0.2, 0.25) is 0 Å². The van der Waals surface area contributed by atoms with Gasteiger partial charge in [-0.05, 0) is 42.3 Å². The van der Waals surface area contributed by atoms with E-state index in [4.69, 9.17) is 9.47 Å². The fourth-order valence-electron chi connectivity index (χ4n) is 2.59. The predicted molar refractivity (Wildman–Crippen MR) is 98.2 cm³/mol. The summed E-state index contributed by atoms with van der Waals surface area (Å²) in [5.74, 6) is 0.0308. The van der Waals surface area contributed by atoms with Gasteiger partial charge in [0.15, 0.2) is 11.5 Å². The number of allylic oxidation sites excluding steroid dienone is 5. The molecule has 0 saturated carbocycles. The molecule has 25 heavy (non-hydrogen) atoms. The SMILES string of the molecule is COC1=CC(C(=O)C(C)=Cc2ccc(N(C)C)cc2)=C(OC)C(=O)C1. The highest BCUT2D eigenvalue weighted by Gasteiger charge is 2.27. The number of nitrogens with zero attached hydrogens (tertiary/aromatic N) is 1. The van der Waals surface area contributed by atoms with Gasteiger partial charge in [-0.25, -0.2) is 0 Å². The Labute approximate surface area is 148 Å². The second-order valence-corrected chi connectivity index (χ2v) is 6.00. The average molecular weight is 341 g/mol. The monoisotopic (exact) mass is 341 g/mol. The maximum absolute atomic E-state index is 12.8. The number of hydrogen-bond donors (Lipinski definition) is 0. The van der Waals surface area contributed by atoms with Gasteiger partial charge in [0.1, 0.15) is 5.76 Å². The summed E-state index contributed by atoms with van der Waals surface area (Å²) in [5, 5.41) is 0. The zero-order chi connectivity index (χ0) is 18.6. The molecule has 0 aromatic heterocycles. The van der Waals surface area contributed by atoms with E-state index in [1.807, 2.05) is 43.3 Å². The predicted octanol–water partition coefficient (Wildman–Crippen LogP) is 3.13. The van der Waals surface area contributed by atoms with E-state index in [1.165, 1.54) is 14.2 Å². The highest BCUT2D eigenvalue weighted by Crippen LogP contribution is 2.25. The van der Waals surface area contributed by atoms with Gasteiger partial charge in [-0.15, -0.1) is 0 Å². The summed E-state index contributed by atoms with van der Waals surface area (Å²) < 4.78 is 10.3. The molecule has 1 aliphatic rings. The molecule has 0 heterocycles. The summed E-state index contributed by atoms with van der Waals surface area (Å²) in [4.78, 5) is 26.9. The van der Waals surface area contributed by atoms with Crippen molar-refractivity contribution in [2.75, 3.05) is 33.2 Å². The first-order valence-corrected chi connectivity index (χ1v) is 7.93. The Morgan fingerprint density at radius 1 is 1.12 bits per heavy atom. The van der Waals surface area contributed by atoms with Gasteiger partial charge in [0, 0.05) is 19.8 Å². The van der Waals surface area contributed by atoms with Crippen LogP contribution in [0.1, 0.15) is 18.9 Å². The zero-order valence-electron chi connectivity index (χ0n) is 15.3. The van der Waals surface area contributed by atoms with Crippen LogP contribution in [0.15, 0.2) is 53.0 Å². The van der Waals surface area contributed by atoms with Crippen LogP contribution in [-0.4, -0.2) is 39.9 Å². The number of anilines is 1. The van der Waals surface area contributed by atoms with Gasteiger partial charge >= 0.3 is 0 Å². The first-order valence-electron chi connectivity index (χ1n) is 7.93. The lowest BCUT2D eigenvalue weighted by atomic mass is 9.94. The van der Waals surface area contributed by atoms with Gasteiger partial charge in [0.05, 0.1) is 26.2 Å². The van der Waals surface area contributed by atoms with Crippen molar-refractivity contribution in [3.63, 3.8) is 0 Å². The van der Waals surface area contributed by atoms with E-state index in [0.717, 1.165) is 11.3 Å². The van der Waals surface area contributed by atoms with Crippen molar-refractivity contribution in [2.45, 2.75) is 13.3 Å². The van der Waals surface area contributed by atoms with Crippen LogP contribution >= 0.6 is 0 Å². The van der Waals surface area contributed by atoms with Crippen LogP contribution in [0.5, 0.6) is 0 Å². The van der Waals surface area contributed by atoms with E-state index in [-0.39, 0.29) is 29.3 Å². The van der Waals surface area contributed by atoms with Gasteiger partial charge < -0.3 is 14.4 Å². The molecular formula is C20H23NO4. The van der Waals surface area contributed by atoms with Crippen LogP contribution in [-0.2, 0) is 19.1 Å². The van der Waals surface area contributed by atoms with Crippen LogP contribution in [0, 0.1) is 0 Å². The largest absolute Gasteiger partial charge is 0.501 e. The fourth-order valence-corrected chi connectivity index (χ4v) is 2.59. The molecule has 0 N–H and O–H groups in total. The van der Waals surface area contributed by atoms with Gasteiger partial charge in [-0.2, -0.15) is 0 Å². The molecule has 1 aliphatic carbocycles. The topological polar surface area (TPSA) is 55.8 Å². The molecule has 2 rings (SSSR count). The third kappa shape index (κ3) is 4.18. The Balaban J connectivity index is 2.34. The number of carbonyl (C=O) groups excluding carboxylic acids is 2. The number of ketones is 2. The highest BCUT2D eigenvalue weighted by molar-refractivity contribution is 6.17. The lowest BCUT2D eigenvalue weighted by Gasteiger charge is -2.17. The molecule has 0 atom stereocenters. The zero-order valence-corrected chi connectivity index (χ0v) is 15.3. The number of rotatable bonds is 6. The lowest BCUT2D eigenvalue weighted by Crippen LogP contribution is -2.18. The number of benzene rings is 1. The molecule has 0 radical (unpaired) electrons. The highest BCUT2D eigenvalue weighted by atomic mass is 16.5. The first-order chi connectivity index (χ1) is 11.9. The van der Waals surface area contributed by atoms with Crippen molar-refractivity contribution >= 4 is 23.3 Å². The third-order valence-corrected chi connectivity index (χ3v) is 4.00. The molecule has 0 unspecified atom stereocenters. The summed E-state index contributed by atoms with van der Waals surface area (Å²) >= 11 is 0. The Kier molecular flexibility index (Phi) is 5.80. The molecule has 5 nitrogen and oxygen atoms in total. The number of ether oxygens (including phenoxy) is 2. The maximum Gasteiger partial charge on any atom is 0.205 e. The van der Waals surface area contributed by atoms with E-state index in [2.05, 4.69) is 0 Å². The van der Waals surface area contributed by atoms with Crippen LogP contribution in [0.3, 0.4) is 0 Å². The van der Waals surface area contributed by atoms with Crippen molar-refractivity contribution < 1.29 is 19.1 Å². The second kappa shape index (κ2) is 7.83. The molecular weight excluding hydrogens is 318 g/mol. The molecule has 0 fully saturated rings. The summed E-state index contributed by atoms with van der Waals surface area (Å²) in [6, 6.07) is 7.85. The number of carbonyl (C=O) groups is 2. The van der Waals surface area contributed by atoms with E-state index in [9.17, 15) is 9.59 Å². The minimum Gasteiger partial charge on any atom is -0.501 e. The van der Waals surface area contributed by atoms with Crippen LogP contribution in [0.25, 0.3) is 6.08 Å². The summed E-state index contributed by atoms with van der Waals surface area (Å²) in [6.07, 6.45) is 3.47. The minimum absolute atomic E-state index is 0.0847. The van der Waals surface area contributed by atoms with Gasteiger partial charge in [0.25, 0.3) is 0 Å². The summed E-state index contributed by atoms with van der Waals surface area (Å²) in [5.41, 5.74) is 2.74. The van der Waals surface area contributed by atoms with Crippen molar-refractivity contribution in [1.29, 1.82) is 0 Å². The van der Waals surface area contributed by atoms with Crippen molar-refractivity contribution in [3.05, 3.63) is 58.6 Å². The molecule has 0 bridgehead atoms. The average Bonchev–Trinajstić information content (AvgIpc) is 2.60. The quantitative estimate of drug-likeness (QED) is 0.744. The second-order valence-electron chi connectivity index (χ2n) is 6.00. The van der Waals surface area contributed by atoms with Gasteiger partial charge in [-0.1, -0.05) is 12.1 Å². The molecule has 1 aromatic carbocycles. The van der Waals surface area contributed by atoms with E-state index in [0.29, 0.717) is 11.3 Å². The Morgan fingerprint density at radius 3 is 2.28 bits per heavy atom. The molecule has 0 aliphatic heterocycles. The standard InChI is InChI=1S/C20H23NO4/c1-13(10-14-6-8-15(9-7-14)21(2)3)19(23)17-11-16(24-4)12-18(22)20(17)25-5/h6-11H,12H2,1-5H3. The third-order valence-electron chi connectivity index (χ3n) is 4.00. The molecule has 0 saturated heterocycles. The fraction of sp³-hybridized carbons (Fsp3) is 0.300. The molecule has 1 aromatic rings. The minimum atomic E-state index is -0.256. The van der Waals surface area contributed by atoms with Crippen LogP contribution < -0.4 is 4.90 Å². The van der Waals surface area contributed by atoms with Crippen molar-refractivity contribution in [2.24, 2.45) is 0 Å². The smallest absolute Gasteiger partial charge is 0.205 e. The normalized spacial score (nSPS) is 15.0. The summed E-state index contributed by atoms with van der Waals surface area (Å²) in [6.45, 7) is 1.72. The van der Waals surface area contributed by atoms with Gasteiger partial charge in [0.2, 0.25) is 5.78 Å². The van der Waals surface area contributed by atoms with Crippen molar-refractivity contribution in [3.8, 4) is 0 Å². The molecule has 5 heteroatoms. The Morgan fingerprint density at radius 2 is 1.76 bits per heavy atom. The molecule has 0 spiro atoms. The number of methoxy groups -OCH3 is 2. The summed E-state index contributed by atoms with van der Waals surface area (Å²) in [7, 11) is 6.82. The van der Waals surface area contributed by atoms with Gasteiger partial charge in [-0.3, -0.25) is 9.59 Å². The Bertz CT molecular complexity index is 767. The Hall–Kier alpha value is -2.82. The van der Waals surface area contributed by atoms with E-state index >= 15 is 0 Å². The lowest BCUT2D eigenvalue weighted by molar-refractivity contribution is -0.120. The first kappa shape index (κ1) is 18.5. The van der Waals surface area contributed by atoms with E-state index in [1.54, 1.807) is 19.1 Å². The van der Waals surface area contributed by atoms with E-state index < -0.39 is 0 Å². The molecule has 0 amide bonds. The molecule has 132 valence electrons. The van der Waals surface area contributed by atoms with Crippen LogP contribution in [0.4, 0.5) is 5.69 Å². The number of Topliss-reactive ketones (excluding diaryl/α,β-unsaturated/α-hetero) is 2. The van der Waals surface area contributed by atoms with Crippen molar-refractivity contribution in [1.82, 2.24) is 0 Å². The maximum atomic E-state index is 12.8. The number of hydrogen-bond acceptors (Lipinski definition) is 5.